The molecule has 110 valence electrons. The molecule has 0 saturated heterocycles. The fraction of sp³-hybridized carbons (Fsp3) is 0.235. The van der Waals surface area contributed by atoms with Crippen LogP contribution in [-0.2, 0) is 6.42 Å². The molecule has 0 aliphatic carbocycles. The van der Waals surface area contributed by atoms with Gasteiger partial charge in [0.25, 0.3) is 0 Å². The van der Waals surface area contributed by atoms with Crippen molar-refractivity contribution in [2.24, 2.45) is 10.7 Å². The highest BCUT2D eigenvalue weighted by molar-refractivity contribution is 6.30. The van der Waals surface area contributed by atoms with Gasteiger partial charge in [0.2, 0.25) is 0 Å². The average molecular weight is 302 g/mol. The molecule has 0 amide bonds. The standard InChI is InChI=1S/C17H20ClN3/c1-12-9-13(2)11-16(10-12)21-17(19)20-8-7-14-3-5-15(18)6-4-14/h3-6,9-11H,7-8H2,1-2H3,(H3,19,20,21). The van der Waals surface area contributed by atoms with E-state index in [-0.39, 0.29) is 0 Å². The molecule has 4 heteroatoms. The molecule has 0 heterocycles. The number of hydrogen-bond acceptors (Lipinski definition) is 1. The number of halogens is 1. The number of aryl methyl sites for hydroxylation is 2. The molecule has 0 aromatic heterocycles. The second-order valence-corrected chi connectivity index (χ2v) is 5.58. The first-order valence-corrected chi connectivity index (χ1v) is 7.30. The van der Waals surface area contributed by atoms with Gasteiger partial charge in [-0.1, -0.05) is 29.8 Å². The van der Waals surface area contributed by atoms with Crippen molar-refractivity contribution in [1.29, 1.82) is 0 Å². The van der Waals surface area contributed by atoms with E-state index in [1.807, 2.05) is 24.3 Å². The van der Waals surface area contributed by atoms with E-state index in [2.05, 4.69) is 42.4 Å². The second-order valence-electron chi connectivity index (χ2n) is 5.14. The van der Waals surface area contributed by atoms with Crippen LogP contribution in [0.25, 0.3) is 0 Å². The zero-order valence-corrected chi connectivity index (χ0v) is 13.1. The lowest BCUT2D eigenvalue weighted by atomic mass is 10.1. The van der Waals surface area contributed by atoms with Gasteiger partial charge in [-0.05, 0) is 61.2 Å². The molecule has 0 unspecified atom stereocenters. The minimum Gasteiger partial charge on any atom is -0.370 e. The molecule has 0 aliphatic rings. The molecule has 2 aromatic rings. The third kappa shape index (κ3) is 5.12. The Morgan fingerprint density at radius 3 is 2.33 bits per heavy atom. The SMILES string of the molecule is Cc1cc(C)cc(NC(N)=NCCc2ccc(Cl)cc2)c1. The van der Waals surface area contributed by atoms with Gasteiger partial charge >= 0.3 is 0 Å². The maximum Gasteiger partial charge on any atom is 0.193 e. The quantitative estimate of drug-likeness (QED) is 0.664. The summed E-state index contributed by atoms with van der Waals surface area (Å²) in [5, 5.41) is 3.87. The van der Waals surface area contributed by atoms with E-state index in [1.54, 1.807) is 0 Å². The van der Waals surface area contributed by atoms with Crippen LogP contribution >= 0.6 is 11.6 Å². The first-order valence-electron chi connectivity index (χ1n) is 6.92. The largest absolute Gasteiger partial charge is 0.370 e. The summed E-state index contributed by atoms with van der Waals surface area (Å²) in [6.45, 7) is 4.77. The molecule has 0 spiro atoms. The van der Waals surface area contributed by atoms with Crippen LogP contribution in [-0.4, -0.2) is 12.5 Å². The van der Waals surface area contributed by atoms with E-state index in [1.165, 1.54) is 16.7 Å². The van der Waals surface area contributed by atoms with Crippen LogP contribution in [0.5, 0.6) is 0 Å². The molecule has 0 bridgehead atoms. The van der Waals surface area contributed by atoms with Gasteiger partial charge in [0.15, 0.2) is 5.96 Å². The minimum absolute atomic E-state index is 0.439. The van der Waals surface area contributed by atoms with Gasteiger partial charge in [-0.25, -0.2) is 0 Å². The van der Waals surface area contributed by atoms with Gasteiger partial charge in [-0.3, -0.25) is 4.99 Å². The Bertz CT molecular complexity index is 613. The van der Waals surface area contributed by atoms with E-state index in [9.17, 15) is 0 Å². The lowest BCUT2D eigenvalue weighted by Gasteiger charge is -2.08. The Labute approximate surface area is 130 Å². The number of anilines is 1. The van der Waals surface area contributed by atoms with Gasteiger partial charge in [-0.2, -0.15) is 0 Å². The number of nitrogens with two attached hydrogens (primary N) is 1. The van der Waals surface area contributed by atoms with E-state index in [4.69, 9.17) is 17.3 Å². The van der Waals surface area contributed by atoms with Gasteiger partial charge in [-0.15, -0.1) is 0 Å². The average Bonchev–Trinajstić information content (AvgIpc) is 2.39. The van der Waals surface area contributed by atoms with Crippen LogP contribution in [0.15, 0.2) is 47.5 Å². The molecule has 0 atom stereocenters. The number of nitrogens with zero attached hydrogens (tertiary/aromatic N) is 1. The summed E-state index contributed by atoms with van der Waals surface area (Å²) in [7, 11) is 0. The number of nitrogens with one attached hydrogen (secondary N) is 1. The number of benzene rings is 2. The lowest BCUT2D eigenvalue weighted by molar-refractivity contribution is 0.965. The topological polar surface area (TPSA) is 50.4 Å². The van der Waals surface area contributed by atoms with Crippen molar-refractivity contribution in [3.8, 4) is 0 Å². The highest BCUT2D eigenvalue weighted by Gasteiger charge is 1.98. The molecule has 21 heavy (non-hydrogen) atoms. The van der Waals surface area contributed by atoms with Crippen LogP contribution in [0, 0.1) is 13.8 Å². The van der Waals surface area contributed by atoms with Gasteiger partial charge in [0.1, 0.15) is 0 Å². The summed E-state index contributed by atoms with van der Waals surface area (Å²) >= 11 is 5.85. The Morgan fingerprint density at radius 1 is 1.10 bits per heavy atom. The molecule has 2 aromatic carbocycles. The molecule has 0 fully saturated rings. The normalized spacial score (nSPS) is 11.5. The molecule has 3 nitrogen and oxygen atoms in total. The van der Waals surface area contributed by atoms with Crippen molar-refractivity contribution in [3.63, 3.8) is 0 Å². The fourth-order valence-electron chi connectivity index (χ4n) is 2.19. The third-order valence-corrected chi connectivity index (χ3v) is 3.34. The highest BCUT2D eigenvalue weighted by Crippen LogP contribution is 2.13. The number of hydrogen-bond donors (Lipinski definition) is 2. The summed E-state index contributed by atoms with van der Waals surface area (Å²) in [4.78, 5) is 4.35. The smallest absolute Gasteiger partial charge is 0.193 e. The van der Waals surface area contributed by atoms with Gasteiger partial charge in [0, 0.05) is 17.3 Å². The molecule has 0 saturated carbocycles. The van der Waals surface area contributed by atoms with E-state index in [0.717, 1.165) is 17.1 Å². The number of aliphatic imine (C=N–C) groups is 1. The molecule has 0 radical (unpaired) electrons. The predicted octanol–water partition coefficient (Wildman–Crippen LogP) is 3.93. The Balaban J connectivity index is 1.90. The van der Waals surface area contributed by atoms with Crippen LogP contribution < -0.4 is 11.1 Å². The number of rotatable bonds is 4. The third-order valence-electron chi connectivity index (χ3n) is 3.09. The highest BCUT2D eigenvalue weighted by atomic mass is 35.5. The van der Waals surface area contributed by atoms with Crippen molar-refractivity contribution in [3.05, 3.63) is 64.2 Å². The van der Waals surface area contributed by atoms with Crippen LogP contribution in [0.4, 0.5) is 5.69 Å². The summed E-state index contributed by atoms with van der Waals surface area (Å²) in [5.74, 6) is 0.439. The molecule has 0 aliphatic heterocycles. The maximum absolute atomic E-state index is 5.91. The Kier molecular flexibility index (Phi) is 5.23. The van der Waals surface area contributed by atoms with Crippen LogP contribution in [0.2, 0.25) is 5.02 Å². The summed E-state index contributed by atoms with van der Waals surface area (Å²) in [6, 6.07) is 14.0. The minimum atomic E-state index is 0.439. The molecule has 2 rings (SSSR count). The van der Waals surface area contributed by atoms with Crippen LogP contribution in [0.3, 0.4) is 0 Å². The monoisotopic (exact) mass is 301 g/mol. The van der Waals surface area contributed by atoms with E-state index < -0.39 is 0 Å². The fourth-order valence-corrected chi connectivity index (χ4v) is 2.32. The molecular formula is C17H20ClN3. The Hall–Kier alpha value is -2.00. The molecular weight excluding hydrogens is 282 g/mol. The summed E-state index contributed by atoms with van der Waals surface area (Å²) in [5.41, 5.74) is 10.5. The first kappa shape index (κ1) is 15.4. The second kappa shape index (κ2) is 7.14. The zero-order valence-electron chi connectivity index (χ0n) is 12.4. The van der Waals surface area contributed by atoms with Crippen molar-refractivity contribution < 1.29 is 0 Å². The van der Waals surface area contributed by atoms with Crippen molar-refractivity contribution in [2.45, 2.75) is 20.3 Å². The zero-order chi connectivity index (χ0) is 15.2. The predicted molar refractivity (Wildman–Crippen MR) is 91.2 cm³/mol. The maximum atomic E-state index is 5.91. The molecule has 3 N–H and O–H groups in total. The van der Waals surface area contributed by atoms with E-state index >= 15 is 0 Å². The summed E-state index contributed by atoms with van der Waals surface area (Å²) in [6.07, 6.45) is 0.840. The lowest BCUT2D eigenvalue weighted by Crippen LogP contribution is -2.23. The van der Waals surface area contributed by atoms with Crippen molar-refractivity contribution >= 4 is 23.2 Å². The number of guanidine groups is 1. The van der Waals surface area contributed by atoms with E-state index in [0.29, 0.717) is 12.5 Å². The Morgan fingerprint density at radius 2 is 1.71 bits per heavy atom. The van der Waals surface area contributed by atoms with Crippen LogP contribution in [0.1, 0.15) is 16.7 Å². The van der Waals surface area contributed by atoms with Gasteiger partial charge in [0.05, 0.1) is 0 Å². The first-order chi connectivity index (χ1) is 10.0. The van der Waals surface area contributed by atoms with Gasteiger partial charge < -0.3 is 11.1 Å². The summed E-state index contributed by atoms with van der Waals surface area (Å²) < 4.78 is 0. The van der Waals surface area contributed by atoms with Crippen molar-refractivity contribution in [2.75, 3.05) is 11.9 Å². The van der Waals surface area contributed by atoms with Crippen molar-refractivity contribution in [1.82, 2.24) is 0 Å².